The molecule has 0 aromatic heterocycles. The van der Waals surface area contributed by atoms with Crippen LogP contribution < -0.4 is 12.4 Å². The SMILES string of the molecule is CC(C)(C1OC2CCCCC2C2=C1CCCC2)[N+](C)(C)Cc1ccccc1.[Cl-]. The standard InChI is InChI=1S/C25H38NO.ClH/c1-25(2,26(3,4)18-19-12-6-5-7-13-19)24-22-16-9-8-14-20(22)21-15-10-11-17-23(21)27-24;/h5-7,12-13,21,23-24H,8-11,14-18H2,1-4H3;1H/q+1;/p-1. The molecule has 0 spiro atoms. The molecule has 1 aromatic carbocycles. The van der Waals surface area contributed by atoms with Crippen molar-refractivity contribution in [3.05, 3.63) is 47.0 Å². The molecular formula is C25H38ClNO. The van der Waals surface area contributed by atoms with E-state index < -0.39 is 0 Å². The van der Waals surface area contributed by atoms with Crippen LogP contribution in [-0.4, -0.2) is 36.3 Å². The summed E-state index contributed by atoms with van der Waals surface area (Å²) in [6.07, 6.45) is 11.4. The van der Waals surface area contributed by atoms with Gasteiger partial charge >= 0.3 is 0 Å². The van der Waals surface area contributed by atoms with Crippen molar-refractivity contribution in [2.24, 2.45) is 5.92 Å². The topological polar surface area (TPSA) is 9.23 Å². The van der Waals surface area contributed by atoms with Crippen molar-refractivity contribution >= 4 is 0 Å². The number of likely N-dealkylation sites (N-methyl/N-ethyl adjacent to an activating group) is 1. The summed E-state index contributed by atoms with van der Waals surface area (Å²) in [5, 5.41) is 0. The van der Waals surface area contributed by atoms with Crippen LogP contribution in [0, 0.1) is 5.92 Å². The molecular weight excluding hydrogens is 366 g/mol. The van der Waals surface area contributed by atoms with Crippen LogP contribution in [0.15, 0.2) is 41.5 Å². The van der Waals surface area contributed by atoms with Gasteiger partial charge in [0, 0.05) is 11.5 Å². The molecule has 3 atom stereocenters. The molecule has 0 saturated heterocycles. The van der Waals surface area contributed by atoms with Gasteiger partial charge in [0.05, 0.1) is 20.2 Å². The lowest BCUT2D eigenvalue weighted by Gasteiger charge is -2.54. The molecule has 1 saturated carbocycles. The average molecular weight is 404 g/mol. The van der Waals surface area contributed by atoms with E-state index in [4.69, 9.17) is 4.74 Å². The maximum Gasteiger partial charge on any atom is 0.133 e. The highest BCUT2D eigenvalue weighted by molar-refractivity contribution is 5.30. The number of nitrogens with zero attached hydrogens (tertiary/aromatic N) is 1. The summed E-state index contributed by atoms with van der Waals surface area (Å²) in [7, 11) is 4.79. The van der Waals surface area contributed by atoms with Crippen molar-refractivity contribution in [1.29, 1.82) is 0 Å². The van der Waals surface area contributed by atoms with E-state index in [1.165, 1.54) is 56.9 Å². The molecule has 0 bridgehead atoms. The van der Waals surface area contributed by atoms with Crippen LogP contribution in [0.4, 0.5) is 0 Å². The van der Waals surface area contributed by atoms with Gasteiger partial charge in [0.15, 0.2) is 0 Å². The Bertz CT molecular complexity index is 694. The quantitative estimate of drug-likeness (QED) is 0.554. The molecule has 1 aliphatic heterocycles. The summed E-state index contributed by atoms with van der Waals surface area (Å²) in [5.41, 5.74) is 4.97. The average Bonchev–Trinajstić information content (AvgIpc) is 2.67. The second-order valence-electron chi connectivity index (χ2n) is 10.2. The van der Waals surface area contributed by atoms with Crippen molar-refractivity contribution in [3.63, 3.8) is 0 Å². The zero-order valence-corrected chi connectivity index (χ0v) is 19.0. The Kier molecular flexibility index (Phi) is 6.64. The van der Waals surface area contributed by atoms with Gasteiger partial charge < -0.3 is 21.6 Å². The van der Waals surface area contributed by atoms with E-state index in [0.29, 0.717) is 6.10 Å². The minimum Gasteiger partial charge on any atom is -1.00 e. The first-order chi connectivity index (χ1) is 12.9. The molecule has 0 N–H and O–H groups in total. The smallest absolute Gasteiger partial charge is 0.133 e. The lowest BCUT2D eigenvalue weighted by molar-refractivity contribution is -0.953. The molecule has 3 unspecified atom stereocenters. The fourth-order valence-corrected chi connectivity index (χ4v) is 5.74. The maximum atomic E-state index is 6.98. The summed E-state index contributed by atoms with van der Waals surface area (Å²) < 4.78 is 7.93. The molecule has 2 nitrogen and oxygen atoms in total. The van der Waals surface area contributed by atoms with Crippen LogP contribution in [0.1, 0.15) is 70.8 Å². The second kappa shape index (κ2) is 8.50. The number of quaternary nitrogens is 1. The number of rotatable bonds is 4. The van der Waals surface area contributed by atoms with Gasteiger partial charge in [-0.1, -0.05) is 48.7 Å². The van der Waals surface area contributed by atoms with Gasteiger partial charge in [0.2, 0.25) is 0 Å². The molecule has 156 valence electrons. The second-order valence-corrected chi connectivity index (χ2v) is 10.2. The molecule has 0 amide bonds. The van der Waals surface area contributed by atoms with Crippen molar-refractivity contribution in [2.45, 2.75) is 89.5 Å². The van der Waals surface area contributed by atoms with E-state index in [0.717, 1.165) is 16.9 Å². The first kappa shape index (κ1) is 21.9. The Morgan fingerprint density at radius 1 is 0.929 bits per heavy atom. The first-order valence-electron chi connectivity index (χ1n) is 11.1. The van der Waals surface area contributed by atoms with E-state index in [-0.39, 0.29) is 24.0 Å². The summed E-state index contributed by atoms with van der Waals surface area (Å²) in [6.45, 7) is 5.94. The van der Waals surface area contributed by atoms with Gasteiger partial charge in [-0.15, -0.1) is 0 Å². The molecule has 28 heavy (non-hydrogen) atoms. The predicted octanol–water partition coefficient (Wildman–Crippen LogP) is 2.87. The normalized spacial score (nSPS) is 28.2. The van der Waals surface area contributed by atoms with Gasteiger partial charge in [-0.05, 0) is 57.9 Å². The van der Waals surface area contributed by atoms with E-state index in [9.17, 15) is 0 Å². The van der Waals surface area contributed by atoms with Gasteiger partial charge in [-0.25, -0.2) is 0 Å². The molecule has 4 rings (SSSR count). The monoisotopic (exact) mass is 403 g/mol. The van der Waals surface area contributed by atoms with Crippen molar-refractivity contribution < 1.29 is 21.6 Å². The molecule has 1 aromatic rings. The molecule has 0 radical (unpaired) electrons. The highest BCUT2D eigenvalue weighted by atomic mass is 35.5. The van der Waals surface area contributed by atoms with Crippen LogP contribution in [0.25, 0.3) is 0 Å². The number of ether oxygens (including phenoxy) is 1. The van der Waals surface area contributed by atoms with Crippen LogP contribution in [-0.2, 0) is 11.3 Å². The van der Waals surface area contributed by atoms with Gasteiger partial charge in [0.25, 0.3) is 0 Å². The van der Waals surface area contributed by atoms with E-state index in [2.05, 4.69) is 58.3 Å². The number of fused-ring (bicyclic) bond motifs is 2. The van der Waals surface area contributed by atoms with E-state index in [1.807, 2.05) is 5.57 Å². The Labute approximate surface area is 178 Å². The summed E-state index contributed by atoms with van der Waals surface area (Å²) >= 11 is 0. The van der Waals surface area contributed by atoms with E-state index in [1.54, 1.807) is 5.57 Å². The van der Waals surface area contributed by atoms with Crippen LogP contribution in [0.3, 0.4) is 0 Å². The number of hydrogen-bond acceptors (Lipinski definition) is 1. The lowest BCUT2D eigenvalue weighted by Crippen LogP contribution is -3.00. The van der Waals surface area contributed by atoms with E-state index >= 15 is 0 Å². The minimum atomic E-state index is 0. The molecule has 3 heteroatoms. The van der Waals surface area contributed by atoms with Crippen molar-refractivity contribution in [3.8, 4) is 0 Å². The predicted molar refractivity (Wildman–Crippen MR) is 112 cm³/mol. The third-order valence-electron chi connectivity index (χ3n) is 7.95. The first-order valence-corrected chi connectivity index (χ1v) is 11.1. The summed E-state index contributed by atoms with van der Waals surface area (Å²) in [5.74, 6) is 0.728. The fourth-order valence-electron chi connectivity index (χ4n) is 5.74. The van der Waals surface area contributed by atoms with Crippen LogP contribution >= 0.6 is 0 Å². The molecule has 1 fully saturated rings. The highest BCUT2D eigenvalue weighted by Gasteiger charge is 2.51. The fraction of sp³-hybridized carbons (Fsp3) is 0.680. The van der Waals surface area contributed by atoms with Crippen LogP contribution in [0.5, 0.6) is 0 Å². The third kappa shape index (κ3) is 3.93. The highest BCUT2D eigenvalue weighted by Crippen LogP contribution is 2.48. The largest absolute Gasteiger partial charge is 1.00 e. The third-order valence-corrected chi connectivity index (χ3v) is 7.95. The Balaban J connectivity index is 0.00000225. The number of benzene rings is 1. The van der Waals surface area contributed by atoms with Gasteiger partial charge in [-0.2, -0.15) is 0 Å². The Morgan fingerprint density at radius 3 is 2.29 bits per heavy atom. The maximum absolute atomic E-state index is 6.98. The molecule has 2 aliphatic carbocycles. The van der Waals surface area contributed by atoms with Gasteiger partial charge in [0.1, 0.15) is 18.2 Å². The zero-order valence-electron chi connectivity index (χ0n) is 18.2. The molecule has 1 heterocycles. The summed E-state index contributed by atoms with van der Waals surface area (Å²) in [6, 6.07) is 11.0. The Hall–Kier alpha value is -0.830. The summed E-state index contributed by atoms with van der Waals surface area (Å²) in [4.78, 5) is 0. The molecule has 3 aliphatic rings. The zero-order chi connectivity index (χ0) is 19.1. The van der Waals surface area contributed by atoms with Crippen molar-refractivity contribution in [2.75, 3.05) is 14.1 Å². The van der Waals surface area contributed by atoms with Crippen LogP contribution in [0.2, 0.25) is 0 Å². The van der Waals surface area contributed by atoms with Crippen molar-refractivity contribution in [1.82, 2.24) is 0 Å². The number of halogens is 1. The van der Waals surface area contributed by atoms with Gasteiger partial charge in [-0.3, -0.25) is 0 Å². The minimum absolute atomic E-state index is 0. The number of hydrogen-bond donors (Lipinski definition) is 0. The lowest BCUT2D eigenvalue weighted by atomic mass is 9.69. The Morgan fingerprint density at radius 2 is 1.57 bits per heavy atom.